The van der Waals surface area contributed by atoms with Crippen LogP contribution in [0, 0.1) is 24.0 Å². The minimum Gasteiger partial charge on any atom is -0.340 e. The van der Waals surface area contributed by atoms with Crippen molar-refractivity contribution in [1.29, 1.82) is 0 Å². The van der Waals surface area contributed by atoms with E-state index in [0.717, 1.165) is 24.2 Å². The first-order chi connectivity index (χ1) is 14.8. The third-order valence-electron chi connectivity index (χ3n) is 5.56. The van der Waals surface area contributed by atoms with E-state index in [0.29, 0.717) is 38.2 Å². The summed E-state index contributed by atoms with van der Waals surface area (Å²) in [4.78, 5) is 39.3. The highest BCUT2D eigenvalue weighted by Gasteiger charge is 2.21. The van der Waals surface area contributed by atoms with E-state index >= 15 is 0 Å². The molecule has 2 aromatic rings. The number of nitrogens with zero attached hydrogens (tertiary/aromatic N) is 3. The van der Waals surface area contributed by atoms with Crippen LogP contribution in [0.1, 0.15) is 23.1 Å². The first-order valence-corrected chi connectivity index (χ1v) is 10.4. The van der Waals surface area contributed by atoms with Gasteiger partial charge in [-0.15, -0.1) is 0 Å². The van der Waals surface area contributed by atoms with Crippen LogP contribution in [0.25, 0.3) is 0 Å². The Morgan fingerprint density at radius 3 is 2.35 bits per heavy atom. The molecule has 1 aliphatic heterocycles. The van der Waals surface area contributed by atoms with Gasteiger partial charge in [0.25, 0.3) is 5.69 Å². The fourth-order valence-corrected chi connectivity index (χ4v) is 3.54. The molecule has 0 atom stereocenters. The molecule has 0 saturated carbocycles. The van der Waals surface area contributed by atoms with E-state index in [1.54, 1.807) is 13.0 Å². The fourth-order valence-electron chi connectivity index (χ4n) is 3.54. The lowest BCUT2D eigenvalue weighted by Gasteiger charge is -2.34. The highest BCUT2D eigenvalue weighted by Crippen LogP contribution is 2.22. The summed E-state index contributed by atoms with van der Waals surface area (Å²) in [6.07, 6.45) is 0.699. The van der Waals surface area contributed by atoms with E-state index < -0.39 is 4.92 Å². The van der Waals surface area contributed by atoms with Gasteiger partial charge >= 0.3 is 0 Å². The lowest BCUT2D eigenvalue weighted by atomic mass is 10.1. The highest BCUT2D eigenvalue weighted by atomic mass is 16.6. The second-order valence-corrected chi connectivity index (χ2v) is 7.94. The molecule has 164 valence electrons. The molecule has 8 nitrogen and oxygen atoms in total. The van der Waals surface area contributed by atoms with Crippen molar-refractivity contribution in [1.82, 2.24) is 9.80 Å². The maximum atomic E-state index is 12.5. The number of carbonyl (C=O) groups excluding carboxylic acids is 2. The number of nitrogens with one attached hydrogen (secondary N) is 1. The minimum absolute atomic E-state index is 0.0488. The molecule has 2 amide bonds. The number of carbonyl (C=O) groups is 2. The Morgan fingerprint density at radius 1 is 1.03 bits per heavy atom. The van der Waals surface area contributed by atoms with Crippen LogP contribution in [0.15, 0.2) is 42.5 Å². The number of nitro benzene ring substituents is 1. The average molecular weight is 425 g/mol. The number of nitro groups is 1. The van der Waals surface area contributed by atoms with Crippen LogP contribution in [0.4, 0.5) is 11.4 Å². The molecule has 2 aromatic carbocycles. The van der Waals surface area contributed by atoms with Crippen LogP contribution >= 0.6 is 0 Å². The number of hydrogen-bond donors (Lipinski definition) is 1. The summed E-state index contributed by atoms with van der Waals surface area (Å²) in [6, 6.07) is 12.4. The number of piperazine rings is 1. The molecular weight excluding hydrogens is 396 g/mol. The van der Waals surface area contributed by atoms with Crippen LogP contribution in [-0.2, 0) is 16.0 Å². The molecule has 0 bridgehead atoms. The number of hydrogen-bond acceptors (Lipinski definition) is 5. The molecule has 1 heterocycles. The molecule has 0 aromatic heterocycles. The Balaban J connectivity index is 1.42. The predicted molar refractivity (Wildman–Crippen MR) is 119 cm³/mol. The largest absolute Gasteiger partial charge is 0.340 e. The minimum atomic E-state index is -0.477. The third kappa shape index (κ3) is 6.36. The van der Waals surface area contributed by atoms with Crippen LogP contribution in [0.2, 0.25) is 0 Å². The fraction of sp³-hybridized carbons (Fsp3) is 0.391. The zero-order valence-electron chi connectivity index (χ0n) is 18.0. The molecular formula is C23H28N4O4. The first kappa shape index (κ1) is 22.4. The maximum Gasteiger partial charge on any atom is 0.271 e. The van der Waals surface area contributed by atoms with Crippen molar-refractivity contribution in [2.75, 3.05) is 38.0 Å². The van der Waals surface area contributed by atoms with E-state index in [1.807, 2.05) is 36.1 Å². The lowest BCUT2D eigenvalue weighted by Crippen LogP contribution is -2.49. The van der Waals surface area contributed by atoms with E-state index in [1.165, 1.54) is 17.7 Å². The molecule has 0 unspecified atom stereocenters. The Bertz CT molecular complexity index is 951. The van der Waals surface area contributed by atoms with Gasteiger partial charge in [-0.05, 0) is 25.0 Å². The van der Waals surface area contributed by atoms with Gasteiger partial charge in [0.15, 0.2) is 0 Å². The van der Waals surface area contributed by atoms with Crippen molar-refractivity contribution in [3.8, 4) is 0 Å². The van der Waals surface area contributed by atoms with E-state index in [4.69, 9.17) is 0 Å². The summed E-state index contributed by atoms with van der Waals surface area (Å²) in [5.74, 6) is -0.0520. The van der Waals surface area contributed by atoms with Gasteiger partial charge in [-0.1, -0.05) is 35.9 Å². The zero-order chi connectivity index (χ0) is 22.4. The summed E-state index contributed by atoms with van der Waals surface area (Å²) in [5, 5.41) is 13.7. The van der Waals surface area contributed by atoms with Crippen molar-refractivity contribution >= 4 is 23.2 Å². The molecule has 1 N–H and O–H groups in total. The third-order valence-corrected chi connectivity index (χ3v) is 5.56. The van der Waals surface area contributed by atoms with Gasteiger partial charge in [-0.3, -0.25) is 24.6 Å². The predicted octanol–water partition coefficient (Wildman–Crippen LogP) is 2.93. The average Bonchev–Trinajstić information content (AvgIpc) is 2.75. The standard InChI is InChI=1S/C23H28N4O4/c1-17-3-6-19(7-4-17)15-23(29)26-13-11-25(12-14-26)10-9-22(28)24-21-16-20(27(30)31)8-5-18(21)2/h3-8,16H,9-15H2,1-2H3,(H,24,28). The van der Waals surface area contributed by atoms with E-state index in [2.05, 4.69) is 10.2 Å². The second-order valence-electron chi connectivity index (χ2n) is 7.94. The molecule has 0 radical (unpaired) electrons. The van der Waals surface area contributed by atoms with Gasteiger partial charge in [0, 0.05) is 51.3 Å². The topological polar surface area (TPSA) is 95.8 Å². The Morgan fingerprint density at radius 2 is 1.71 bits per heavy atom. The molecule has 0 aliphatic carbocycles. The smallest absolute Gasteiger partial charge is 0.271 e. The van der Waals surface area contributed by atoms with Gasteiger partial charge < -0.3 is 10.2 Å². The number of rotatable bonds is 7. The molecule has 8 heteroatoms. The van der Waals surface area contributed by atoms with Crippen LogP contribution in [0.3, 0.4) is 0 Å². The van der Waals surface area contributed by atoms with E-state index in [9.17, 15) is 19.7 Å². The van der Waals surface area contributed by atoms with Gasteiger partial charge in [0.2, 0.25) is 11.8 Å². The van der Waals surface area contributed by atoms with Crippen molar-refractivity contribution in [2.45, 2.75) is 26.7 Å². The second kappa shape index (κ2) is 10.2. The summed E-state index contributed by atoms with van der Waals surface area (Å²) < 4.78 is 0. The Hall–Kier alpha value is -3.26. The SMILES string of the molecule is Cc1ccc(CC(=O)N2CCN(CCC(=O)Nc3cc([N+](=O)[O-])ccc3C)CC2)cc1. The summed E-state index contributed by atoms with van der Waals surface area (Å²) in [5.41, 5.74) is 3.39. The van der Waals surface area contributed by atoms with Crippen molar-refractivity contribution in [3.05, 3.63) is 69.3 Å². The summed E-state index contributed by atoms with van der Waals surface area (Å²) in [6.45, 7) is 7.15. The van der Waals surface area contributed by atoms with Crippen molar-refractivity contribution < 1.29 is 14.5 Å². The maximum absolute atomic E-state index is 12.5. The highest BCUT2D eigenvalue weighted by molar-refractivity contribution is 5.92. The summed E-state index contributed by atoms with van der Waals surface area (Å²) in [7, 11) is 0. The molecule has 1 aliphatic rings. The Labute approximate surface area is 182 Å². The Kier molecular flexibility index (Phi) is 7.36. The number of aryl methyl sites for hydroxylation is 2. The lowest BCUT2D eigenvalue weighted by molar-refractivity contribution is -0.384. The van der Waals surface area contributed by atoms with Crippen molar-refractivity contribution in [3.63, 3.8) is 0 Å². The number of benzene rings is 2. The number of anilines is 1. The summed E-state index contributed by atoms with van der Waals surface area (Å²) >= 11 is 0. The van der Waals surface area contributed by atoms with Gasteiger partial charge in [-0.2, -0.15) is 0 Å². The van der Waals surface area contributed by atoms with Gasteiger partial charge in [0.05, 0.1) is 17.0 Å². The number of amides is 2. The normalized spacial score (nSPS) is 14.3. The molecule has 1 fully saturated rings. The van der Waals surface area contributed by atoms with E-state index in [-0.39, 0.29) is 17.5 Å². The van der Waals surface area contributed by atoms with Crippen LogP contribution in [-0.4, -0.2) is 59.3 Å². The zero-order valence-corrected chi connectivity index (χ0v) is 18.0. The van der Waals surface area contributed by atoms with Crippen LogP contribution in [0.5, 0.6) is 0 Å². The molecule has 0 spiro atoms. The van der Waals surface area contributed by atoms with Gasteiger partial charge in [0.1, 0.15) is 0 Å². The molecule has 3 rings (SSSR count). The number of non-ortho nitro benzene ring substituents is 1. The molecule has 1 saturated heterocycles. The quantitative estimate of drug-likeness (QED) is 0.545. The monoisotopic (exact) mass is 424 g/mol. The van der Waals surface area contributed by atoms with Crippen LogP contribution < -0.4 is 5.32 Å². The van der Waals surface area contributed by atoms with Crippen molar-refractivity contribution in [2.24, 2.45) is 0 Å². The first-order valence-electron chi connectivity index (χ1n) is 10.4. The molecule has 31 heavy (non-hydrogen) atoms. The van der Waals surface area contributed by atoms with Gasteiger partial charge in [-0.25, -0.2) is 0 Å².